The molecule has 0 aliphatic carbocycles. The number of phenolic OH excluding ortho intramolecular Hbond substituents is 1. The molecule has 2 aromatic carbocycles. The highest BCUT2D eigenvalue weighted by molar-refractivity contribution is 5.93. The Morgan fingerprint density at radius 3 is 2.70 bits per heavy atom. The molecule has 2 aliphatic heterocycles. The third kappa shape index (κ3) is 5.95. The molecule has 2 aliphatic rings. The molecule has 1 fully saturated rings. The van der Waals surface area contributed by atoms with Gasteiger partial charge in [0.05, 0.1) is 7.11 Å². The van der Waals surface area contributed by atoms with Gasteiger partial charge in [-0.25, -0.2) is 9.97 Å². The van der Waals surface area contributed by atoms with Gasteiger partial charge in [-0.15, -0.1) is 0 Å². The second-order valence-electron chi connectivity index (χ2n) is 10.3. The summed E-state index contributed by atoms with van der Waals surface area (Å²) < 4.78 is 5.36. The summed E-state index contributed by atoms with van der Waals surface area (Å²) in [5, 5.41) is 13.0. The summed E-state index contributed by atoms with van der Waals surface area (Å²) in [5.74, 6) is 1.63. The number of hydrogen-bond donors (Lipinski definition) is 2. The zero-order chi connectivity index (χ0) is 28.1. The predicted octanol–water partition coefficient (Wildman–Crippen LogP) is 3.10. The number of methoxy groups -OCH3 is 1. The van der Waals surface area contributed by atoms with Crippen LogP contribution in [0.2, 0.25) is 0 Å². The van der Waals surface area contributed by atoms with Crippen molar-refractivity contribution in [3.63, 3.8) is 0 Å². The molecule has 10 nitrogen and oxygen atoms in total. The molecule has 0 saturated carbocycles. The molecule has 0 radical (unpaired) electrons. The number of piperidine rings is 1. The van der Waals surface area contributed by atoms with Crippen molar-refractivity contribution >= 4 is 23.8 Å². The number of carbonyl (C=O) groups excluding carboxylic acids is 2. The largest absolute Gasteiger partial charge is 0.508 e. The topological polar surface area (TPSA) is 111 Å². The summed E-state index contributed by atoms with van der Waals surface area (Å²) in [7, 11) is 3.49. The second-order valence-corrected chi connectivity index (χ2v) is 10.3. The summed E-state index contributed by atoms with van der Waals surface area (Å²) in [4.78, 5) is 39.9. The van der Waals surface area contributed by atoms with E-state index in [0.29, 0.717) is 31.7 Å². The van der Waals surface area contributed by atoms with Crippen molar-refractivity contribution in [3.8, 4) is 11.5 Å². The van der Waals surface area contributed by atoms with Crippen molar-refractivity contribution in [2.24, 2.45) is 0 Å². The molecular formula is C30H36N6O4. The van der Waals surface area contributed by atoms with Gasteiger partial charge in [-0.3, -0.25) is 9.59 Å². The third-order valence-electron chi connectivity index (χ3n) is 7.98. The van der Waals surface area contributed by atoms with Gasteiger partial charge in [0.1, 0.15) is 29.3 Å². The van der Waals surface area contributed by atoms with Crippen molar-refractivity contribution in [1.82, 2.24) is 19.8 Å². The number of nitrogens with zero attached hydrogens (tertiary/aromatic N) is 5. The van der Waals surface area contributed by atoms with Crippen LogP contribution in [0.25, 0.3) is 0 Å². The quantitative estimate of drug-likeness (QED) is 0.312. The number of phenols is 1. The molecule has 0 spiro atoms. The SMILES string of the molecule is CNc1ccc(O)cc1CCN(C=O)C1CCN(c2cc(C(=O)N3CCc4ccc(OC)cc4C3)ncn2)CC1. The molecule has 2 amide bonds. The molecule has 1 aromatic heterocycles. The van der Waals surface area contributed by atoms with Crippen LogP contribution < -0.4 is 15.0 Å². The lowest BCUT2D eigenvalue weighted by Crippen LogP contribution is -2.45. The number of nitrogens with one attached hydrogen (secondary N) is 1. The molecule has 40 heavy (non-hydrogen) atoms. The van der Waals surface area contributed by atoms with Crippen molar-refractivity contribution in [2.45, 2.75) is 38.3 Å². The van der Waals surface area contributed by atoms with E-state index in [0.717, 1.165) is 67.1 Å². The van der Waals surface area contributed by atoms with Crippen LogP contribution in [0.3, 0.4) is 0 Å². The Morgan fingerprint density at radius 2 is 1.95 bits per heavy atom. The van der Waals surface area contributed by atoms with E-state index in [9.17, 15) is 14.7 Å². The normalized spacial score (nSPS) is 15.3. The number of aromatic nitrogens is 2. The van der Waals surface area contributed by atoms with Crippen LogP contribution in [-0.2, 0) is 24.2 Å². The number of anilines is 2. The highest BCUT2D eigenvalue weighted by Crippen LogP contribution is 2.27. The first kappa shape index (κ1) is 27.2. The zero-order valence-corrected chi connectivity index (χ0v) is 23.0. The van der Waals surface area contributed by atoms with Crippen LogP contribution in [0.15, 0.2) is 48.8 Å². The van der Waals surface area contributed by atoms with Gasteiger partial charge < -0.3 is 29.9 Å². The summed E-state index contributed by atoms with van der Waals surface area (Å²) in [6, 6.07) is 13.2. The number of amides is 2. The van der Waals surface area contributed by atoms with E-state index < -0.39 is 0 Å². The average molecular weight is 545 g/mol. The molecular weight excluding hydrogens is 508 g/mol. The van der Waals surface area contributed by atoms with Crippen LogP contribution in [0.4, 0.5) is 11.5 Å². The fourth-order valence-electron chi connectivity index (χ4n) is 5.66. The molecule has 3 heterocycles. The molecule has 2 N–H and O–H groups in total. The smallest absolute Gasteiger partial charge is 0.272 e. The molecule has 5 rings (SSSR count). The van der Waals surface area contributed by atoms with E-state index in [1.54, 1.807) is 25.3 Å². The number of benzene rings is 2. The highest BCUT2D eigenvalue weighted by Gasteiger charge is 2.27. The Balaban J connectivity index is 1.19. The summed E-state index contributed by atoms with van der Waals surface area (Å²) in [6.07, 6.45) is 5.43. The summed E-state index contributed by atoms with van der Waals surface area (Å²) >= 11 is 0. The van der Waals surface area contributed by atoms with Crippen LogP contribution in [0, 0.1) is 0 Å². The van der Waals surface area contributed by atoms with Crippen molar-refractivity contribution in [2.75, 3.05) is 50.6 Å². The lowest BCUT2D eigenvalue weighted by atomic mass is 9.99. The molecule has 1 saturated heterocycles. The fourth-order valence-corrected chi connectivity index (χ4v) is 5.66. The minimum Gasteiger partial charge on any atom is -0.508 e. The van der Waals surface area contributed by atoms with Crippen molar-refractivity contribution in [3.05, 3.63) is 71.2 Å². The van der Waals surface area contributed by atoms with Gasteiger partial charge in [0, 0.05) is 57.6 Å². The van der Waals surface area contributed by atoms with Gasteiger partial charge in [-0.2, -0.15) is 0 Å². The summed E-state index contributed by atoms with van der Waals surface area (Å²) in [5.41, 5.74) is 4.65. The Bertz CT molecular complexity index is 1360. The van der Waals surface area contributed by atoms with Crippen LogP contribution in [0.1, 0.15) is 40.0 Å². The molecule has 3 aromatic rings. The minimum atomic E-state index is -0.105. The zero-order valence-electron chi connectivity index (χ0n) is 23.0. The molecule has 0 atom stereocenters. The van der Waals surface area contributed by atoms with E-state index in [1.165, 1.54) is 11.9 Å². The number of aromatic hydroxyl groups is 1. The van der Waals surface area contributed by atoms with Gasteiger partial charge >= 0.3 is 0 Å². The van der Waals surface area contributed by atoms with Crippen molar-refractivity contribution < 1.29 is 19.4 Å². The number of hydrogen-bond acceptors (Lipinski definition) is 8. The standard InChI is InChI=1S/C30H36N6O4/c1-31-27-6-4-25(38)15-22(27)8-12-36(20-37)24-9-13-34(14-10-24)29-17-28(32-19-33-29)30(39)35-11-7-21-3-5-26(40-2)16-23(21)18-35/h3-6,15-17,19-20,24,31,38H,7-14,18H2,1-2H3. The molecule has 0 bridgehead atoms. The maximum Gasteiger partial charge on any atom is 0.272 e. The molecule has 210 valence electrons. The second kappa shape index (κ2) is 12.2. The van der Waals surface area contributed by atoms with E-state index in [1.807, 2.05) is 35.0 Å². The highest BCUT2D eigenvalue weighted by atomic mass is 16.5. The van der Waals surface area contributed by atoms with Gasteiger partial charge in [0.15, 0.2) is 0 Å². The first-order chi connectivity index (χ1) is 19.5. The maximum atomic E-state index is 13.4. The third-order valence-corrected chi connectivity index (χ3v) is 7.98. The Hall–Kier alpha value is -4.34. The van der Waals surface area contributed by atoms with Gasteiger partial charge in [0.2, 0.25) is 6.41 Å². The lowest BCUT2D eigenvalue weighted by molar-refractivity contribution is -0.120. The average Bonchev–Trinajstić information content (AvgIpc) is 3.01. The van der Waals surface area contributed by atoms with Gasteiger partial charge in [0.25, 0.3) is 5.91 Å². The fraction of sp³-hybridized carbons (Fsp3) is 0.400. The number of ether oxygens (including phenoxy) is 1. The van der Waals surface area contributed by atoms with Gasteiger partial charge in [-0.05, 0) is 72.7 Å². The van der Waals surface area contributed by atoms with Crippen LogP contribution in [0.5, 0.6) is 11.5 Å². The van der Waals surface area contributed by atoms with E-state index in [-0.39, 0.29) is 17.7 Å². The first-order valence-electron chi connectivity index (χ1n) is 13.7. The first-order valence-corrected chi connectivity index (χ1v) is 13.7. The molecule has 0 unspecified atom stereocenters. The predicted molar refractivity (Wildman–Crippen MR) is 153 cm³/mol. The Kier molecular flexibility index (Phi) is 8.33. The van der Waals surface area contributed by atoms with Crippen LogP contribution >= 0.6 is 0 Å². The van der Waals surface area contributed by atoms with E-state index in [4.69, 9.17) is 4.74 Å². The lowest BCUT2D eigenvalue weighted by Gasteiger charge is -2.37. The maximum absolute atomic E-state index is 13.4. The monoisotopic (exact) mass is 544 g/mol. The Morgan fingerprint density at radius 1 is 1.12 bits per heavy atom. The molecule has 10 heteroatoms. The van der Waals surface area contributed by atoms with Crippen molar-refractivity contribution in [1.29, 1.82) is 0 Å². The Labute approximate surface area is 234 Å². The minimum absolute atomic E-state index is 0.105. The van der Waals surface area contributed by atoms with Gasteiger partial charge in [-0.1, -0.05) is 6.07 Å². The number of rotatable bonds is 9. The van der Waals surface area contributed by atoms with Crippen LogP contribution in [-0.4, -0.2) is 83.6 Å². The van der Waals surface area contributed by atoms with E-state index >= 15 is 0 Å². The van der Waals surface area contributed by atoms with E-state index in [2.05, 4.69) is 26.3 Å². The number of fused-ring (bicyclic) bond motifs is 1. The summed E-state index contributed by atoms with van der Waals surface area (Å²) in [6.45, 7) is 3.19. The number of carbonyl (C=O) groups is 2.